The number of ether oxygens (including phenoxy) is 1. The monoisotopic (exact) mass is 372 g/mol. The van der Waals surface area contributed by atoms with Crippen molar-refractivity contribution in [3.05, 3.63) is 65.2 Å². The summed E-state index contributed by atoms with van der Waals surface area (Å²) in [4.78, 5) is 35.2. The van der Waals surface area contributed by atoms with Crippen molar-refractivity contribution in [2.75, 3.05) is 0 Å². The van der Waals surface area contributed by atoms with E-state index < -0.39 is 30.0 Å². The van der Waals surface area contributed by atoms with Gasteiger partial charge in [-0.3, -0.25) is 9.59 Å². The molecule has 0 aliphatic heterocycles. The van der Waals surface area contributed by atoms with Gasteiger partial charge in [0.15, 0.2) is 0 Å². The van der Waals surface area contributed by atoms with Gasteiger partial charge in [0.25, 0.3) is 5.91 Å². The first kappa shape index (κ1) is 20.1. The summed E-state index contributed by atoms with van der Waals surface area (Å²) in [5.74, 6) is -1.97. The molecule has 2 aromatic rings. The van der Waals surface area contributed by atoms with Crippen molar-refractivity contribution in [2.45, 2.75) is 32.4 Å². The molecule has 0 saturated carbocycles. The number of hydrogen-bond donors (Lipinski definition) is 2. The highest BCUT2D eigenvalue weighted by atomic mass is 16.5. The van der Waals surface area contributed by atoms with Crippen LogP contribution in [0.5, 0.6) is 5.75 Å². The van der Waals surface area contributed by atoms with Crippen LogP contribution in [0, 0.1) is 6.92 Å². The van der Waals surface area contributed by atoms with E-state index in [1.807, 2.05) is 6.07 Å². The number of carbonyl (C=O) groups excluding carboxylic acids is 3. The molecule has 142 valence electrons. The van der Waals surface area contributed by atoms with Crippen LogP contribution in [0.1, 0.15) is 28.4 Å². The third-order valence-corrected chi connectivity index (χ3v) is 4.05. The molecule has 0 bridgehead atoms. The van der Waals surface area contributed by atoms with Gasteiger partial charge >= 0.3 is 11.9 Å². The minimum atomic E-state index is -1.66. The lowest BCUT2D eigenvalue weighted by Gasteiger charge is -2.20. The highest BCUT2D eigenvalue weighted by molar-refractivity contribution is 5.97. The quantitative estimate of drug-likeness (QED) is 0.425. The first-order valence-corrected chi connectivity index (χ1v) is 8.36. The van der Waals surface area contributed by atoms with Crippen molar-refractivity contribution in [1.29, 1.82) is 0 Å². The molecule has 7 nitrogen and oxygen atoms in total. The number of aliphatic hydroxyl groups excluding tert-OH is 1. The van der Waals surface area contributed by atoms with Crippen LogP contribution in [0.15, 0.2) is 48.5 Å². The summed E-state index contributed by atoms with van der Waals surface area (Å²) in [5, 5.41) is 19.9. The summed E-state index contributed by atoms with van der Waals surface area (Å²) < 4.78 is 5.07. The smallest absolute Gasteiger partial charge is 0.547 e. The van der Waals surface area contributed by atoms with Crippen LogP contribution in [0.2, 0.25) is 0 Å². The summed E-state index contributed by atoms with van der Waals surface area (Å²) >= 11 is 0. The molecule has 0 saturated heterocycles. The van der Waals surface area contributed by atoms with Crippen LogP contribution in [-0.4, -0.2) is 40.2 Å². The zero-order valence-corrected chi connectivity index (χ0v) is 15.1. The van der Waals surface area contributed by atoms with Crippen LogP contribution >= 0.6 is 0 Å². The Bertz CT molecular complexity index is 834. The second-order valence-corrected chi connectivity index (χ2v) is 6.10. The first-order valence-electron chi connectivity index (χ1n) is 8.36. The average Bonchev–Trinajstić information content (AvgIpc) is 2.62. The average molecular weight is 372 g/mol. The first-order chi connectivity index (χ1) is 12.8. The molecule has 1 amide bonds. The Morgan fingerprint density at radius 2 is 1.78 bits per heavy atom. The number of carbonyl (C=O) groups is 3. The molecule has 2 atom stereocenters. The van der Waals surface area contributed by atoms with Crippen molar-refractivity contribution in [2.24, 2.45) is 0 Å². The number of benzene rings is 2. The van der Waals surface area contributed by atoms with E-state index in [1.54, 1.807) is 49.4 Å². The van der Waals surface area contributed by atoms with Crippen molar-refractivity contribution in [1.82, 2.24) is 5.32 Å². The third kappa shape index (κ3) is 5.39. The van der Waals surface area contributed by atoms with Crippen LogP contribution in [-0.2, 0) is 16.0 Å². The maximum Gasteiger partial charge on any atom is 0.547 e. The molecule has 2 aromatic carbocycles. The zero-order chi connectivity index (χ0) is 20.0. The van der Waals surface area contributed by atoms with E-state index in [4.69, 9.17) is 9.84 Å². The zero-order valence-electron chi connectivity index (χ0n) is 15.1. The molecule has 0 radical (unpaired) electrons. The number of hydrogen-bond acceptors (Lipinski definition) is 5. The molecule has 7 heteroatoms. The highest BCUT2D eigenvalue weighted by Crippen LogP contribution is 2.22. The van der Waals surface area contributed by atoms with Gasteiger partial charge in [-0.1, -0.05) is 36.4 Å². The van der Waals surface area contributed by atoms with E-state index in [0.29, 0.717) is 5.56 Å². The lowest BCUT2D eigenvalue weighted by atomic mass is 10.00. The van der Waals surface area contributed by atoms with Crippen molar-refractivity contribution in [3.63, 3.8) is 0 Å². The summed E-state index contributed by atoms with van der Waals surface area (Å²) in [5.41, 5.74) is 1.50. The number of rotatable bonds is 7. The molecule has 4 N–H and O–H groups in total. The fourth-order valence-corrected chi connectivity index (χ4v) is 2.66. The highest BCUT2D eigenvalue weighted by Gasteiger charge is 2.33. The van der Waals surface area contributed by atoms with E-state index in [1.165, 1.54) is 6.92 Å². The molecule has 0 aliphatic rings. The molecule has 0 fully saturated rings. The Labute approximate surface area is 156 Å². The maximum atomic E-state index is 12.7. The normalized spacial score (nSPS) is 12.7. The van der Waals surface area contributed by atoms with Gasteiger partial charge in [0, 0.05) is 22.8 Å². The Kier molecular flexibility index (Phi) is 6.67. The molecule has 27 heavy (non-hydrogen) atoms. The number of esters is 1. The fourth-order valence-electron chi connectivity index (χ4n) is 2.66. The Balaban J connectivity index is 2.25. The second kappa shape index (κ2) is 8.95. The van der Waals surface area contributed by atoms with E-state index in [9.17, 15) is 19.5 Å². The van der Waals surface area contributed by atoms with Gasteiger partial charge in [-0.2, -0.15) is 0 Å². The van der Waals surface area contributed by atoms with Crippen molar-refractivity contribution >= 4 is 17.8 Å². The summed E-state index contributed by atoms with van der Waals surface area (Å²) in [6, 6.07) is 12.7. The van der Waals surface area contributed by atoms with Crippen molar-refractivity contribution < 1.29 is 29.3 Å². The lowest BCUT2D eigenvalue weighted by Crippen LogP contribution is -2.48. The standard InChI is InChI=1S/C20H21NO6/c1-12-15(9-6-10-17(12)27-13(2)22)19(24)21-16(18(23)20(25)26)11-14-7-4-3-5-8-14/h3-10,16,18,23H,11H2,1-2H3,(H,21,24)(H,25,26)/p+1/t16-,18-/m0/s1. The van der Waals surface area contributed by atoms with Crippen LogP contribution in [0.25, 0.3) is 0 Å². The third-order valence-electron chi connectivity index (χ3n) is 4.05. The maximum absolute atomic E-state index is 12.7. The van der Waals surface area contributed by atoms with E-state index in [0.717, 1.165) is 5.56 Å². The van der Waals surface area contributed by atoms with Crippen molar-refractivity contribution in [3.8, 4) is 5.75 Å². The summed E-state index contributed by atoms with van der Waals surface area (Å²) in [6.45, 7) is 2.89. The minimum Gasteiger partial charge on any atom is -0.563 e. The number of amides is 1. The Hall–Kier alpha value is -3.19. The van der Waals surface area contributed by atoms with Gasteiger partial charge in [-0.25, -0.2) is 0 Å². The largest absolute Gasteiger partial charge is 0.563 e. The topological polar surface area (TPSA) is 116 Å². The lowest BCUT2D eigenvalue weighted by molar-refractivity contribution is -0.148. The summed E-state index contributed by atoms with van der Waals surface area (Å²) in [6.07, 6.45) is -1.48. The van der Waals surface area contributed by atoms with Crippen LogP contribution in [0.4, 0.5) is 0 Å². The van der Waals surface area contributed by atoms with Gasteiger partial charge in [0.2, 0.25) is 6.10 Å². The fraction of sp³-hybridized carbons (Fsp3) is 0.250. The molecular weight excluding hydrogens is 350 g/mol. The summed E-state index contributed by atoms with van der Waals surface area (Å²) in [7, 11) is 0. The molecule has 0 aliphatic carbocycles. The van der Waals surface area contributed by atoms with Crippen LogP contribution in [0.3, 0.4) is 0 Å². The SMILES string of the molecule is CC(=O)Oc1cccc(C(=O)N[C@@H](Cc2ccccc2)[C@H](O)C(=O)[OH2+])c1C. The molecule has 0 aromatic heterocycles. The Morgan fingerprint density at radius 3 is 2.37 bits per heavy atom. The Morgan fingerprint density at radius 1 is 1.11 bits per heavy atom. The van der Waals surface area contributed by atoms with Crippen LogP contribution < -0.4 is 10.1 Å². The molecule has 0 unspecified atom stereocenters. The number of nitrogens with one attached hydrogen (secondary N) is 1. The van der Waals surface area contributed by atoms with Gasteiger partial charge in [-0.05, 0) is 31.0 Å². The van der Waals surface area contributed by atoms with E-state index in [2.05, 4.69) is 5.32 Å². The second-order valence-electron chi connectivity index (χ2n) is 6.10. The molecule has 0 spiro atoms. The minimum absolute atomic E-state index is 0.182. The molecule has 0 heterocycles. The van der Waals surface area contributed by atoms with E-state index >= 15 is 0 Å². The van der Waals surface area contributed by atoms with E-state index in [-0.39, 0.29) is 17.7 Å². The van der Waals surface area contributed by atoms with Gasteiger partial charge in [0.05, 0.1) is 6.04 Å². The van der Waals surface area contributed by atoms with Gasteiger partial charge in [0.1, 0.15) is 5.75 Å². The number of aliphatic hydroxyl groups is 1. The predicted octanol–water partition coefficient (Wildman–Crippen LogP) is 0.874. The van der Waals surface area contributed by atoms with Gasteiger partial charge in [-0.15, -0.1) is 0 Å². The predicted molar refractivity (Wildman–Crippen MR) is 98.5 cm³/mol. The van der Waals surface area contributed by atoms with Gasteiger partial charge < -0.3 is 20.3 Å². The molecule has 2 rings (SSSR count). The molecular formula is C20H22NO6+.